The quantitative estimate of drug-likeness (QED) is 0.770. The number of benzene rings is 1. The second kappa shape index (κ2) is 5.84. The molecule has 0 N–H and O–H groups in total. The molecule has 22 heavy (non-hydrogen) atoms. The third-order valence-corrected chi connectivity index (χ3v) is 3.86. The summed E-state index contributed by atoms with van der Waals surface area (Å²) in [5, 5.41) is 0. The van der Waals surface area contributed by atoms with Gasteiger partial charge in [-0.25, -0.2) is 4.39 Å². The van der Waals surface area contributed by atoms with E-state index in [1.54, 1.807) is 4.90 Å². The van der Waals surface area contributed by atoms with E-state index in [0.29, 0.717) is 26.3 Å². The predicted molar refractivity (Wildman–Crippen MR) is 73.8 cm³/mol. The molecule has 3 rings (SSSR count). The SMILES string of the molecule is O=C(CCN1C(=O)c2cccc(F)c2C1=O)N1CCOCC1. The zero-order valence-electron chi connectivity index (χ0n) is 11.9. The van der Waals surface area contributed by atoms with E-state index in [0.717, 1.165) is 11.0 Å². The van der Waals surface area contributed by atoms with E-state index in [2.05, 4.69) is 0 Å². The van der Waals surface area contributed by atoms with Gasteiger partial charge in [0.25, 0.3) is 11.8 Å². The minimum absolute atomic E-state index is 0.0348. The summed E-state index contributed by atoms with van der Waals surface area (Å²) in [5.41, 5.74) is -0.143. The van der Waals surface area contributed by atoms with Gasteiger partial charge >= 0.3 is 0 Å². The molecular weight excluding hydrogens is 291 g/mol. The van der Waals surface area contributed by atoms with E-state index < -0.39 is 17.6 Å². The highest BCUT2D eigenvalue weighted by molar-refractivity contribution is 6.21. The summed E-state index contributed by atoms with van der Waals surface area (Å²) in [6.45, 7) is 1.96. The van der Waals surface area contributed by atoms with Gasteiger partial charge in [-0.3, -0.25) is 19.3 Å². The van der Waals surface area contributed by atoms with Crippen molar-refractivity contribution in [1.82, 2.24) is 9.80 Å². The molecule has 3 amide bonds. The lowest BCUT2D eigenvalue weighted by molar-refractivity contribution is -0.135. The van der Waals surface area contributed by atoms with E-state index in [9.17, 15) is 18.8 Å². The average Bonchev–Trinajstić information content (AvgIpc) is 2.78. The molecule has 2 aliphatic heterocycles. The fraction of sp³-hybridized carbons (Fsp3) is 0.400. The third-order valence-electron chi connectivity index (χ3n) is 3.86. The highest BCUT2D eigenvalue weighted by Crippen LogP contribution is 2.25. The smallest absolute Gasteiger partial charge is 0.264 e. The minimum atomic E-state index is -0.710. The van der Waals surface area contributed by atoms with E-state index >= 15 is 0 Å². The Morgan fingerprint density at radius 3 is 2.59 bits per heavy atom. The molecule has 0 bridgehead atoms. The Morgan fingerprint density at radius 1 is 1.18 bits per heavy atom. The summed E-state index contributed by atoms with van der Waals surface area (Å²) in [4.78, 5) is 38.9. The molecule has 1 aromatic rings. The van der Waals surface area contributed by atoms with Crippen LogP contribution in [-0.4, -0.2) is 60.4 Å². The number of morpholine rings is 1. The van der Waals surface area contributed by atoms with E-state index in [4.69, 9.17) is 4.74 Å². The zero-order valence-corrected chi connectivity index (χ0v) is 11.9. The molecule has 116 valence electrons. The van der Waals surface area contributed by atoms with Gasteiger partial charge in [0.05, 0.1) is 24.3 Å². The van der Waals surface area contributed by atoms with Crippen molar-refractivity contribution in [2.24, 2.45) is 0 Å². The first-order chi connectivity index (χ1) is 10.6. The van der Waals surface area contributed by atoms with Crippen molar-refractivity contribution in [1.29, 1.82) is 0 Å². The number of amides is 3. The summed E-state index contributed by atoms with van der Waals surface area (Å²) >= 11 is 0. The lowest BCUT2D eigenvalue weighted by Crippen LogP contribution is -2.42. The average molecular weight is 306 g/mol. The number of nitrogens with zero attached hydrogens (tertiary/aromatic N) is 2. The van der Waals surface area contributed by atoms with E-state index in [1.807, 2.05) is 0 Å². The number of ether oxygens (including phenoxy) is 1. The second-order valence-corrected chi connectivity index (χ2v) is 5.17. The predicted octanol–water partition coefficient (Wildman–Crippen LogP) is 0.671. The molecule has 0 atom stereocenters. The second-order valence-electron chi connectivity index (χ2n) is 5.17. The molecule has 7 heteroatoms. The molecule has 1 aromatic carbocycles. The van der Waals surface area contributed by atoms with Gasteiger partial charge in [-0.2, -0.15) is 0 Å². The number of imide groups is 1. The van der Waals surface area contributed by atoms with Gasteiger partial charge in [0.15, 0.2) is 0 Å². The Morgan fingerprint density at radius 2 is 1.91 bits per heavy atom. The van der Waals surface area contributed by atoms with Gasteiger partial charge < -0.3 is 9.64 Å². The molecular formula is C15H15FN2O4. The van der Waals surface area contributed by atoms with Crippen LogP contribution in [0.2, 0.25) is 0 Å². The van der Waals surface area contributed by atoms with E-state index in [-0.39, 0.29) is 30.0 Å². The number of halogens is 1. The van der Waals surface area contributed by atoms with Gasteiger partial charge in [0, 0.05) is 26.1 Å². The molecule has 0 aromatic heterocycles. The first kappa shape index (κ1) is 14.6. The van der Waals surface area contributed by atoms with Crippen LogP contribution >= 0.6 is 0 Å². The van der Waals surface area contributed by atoms with Crippen LogP contribution in [-0.2, 0) is 9.53 Å². The van der Waals surface area contributed by atoms with E-state index in [1.165, 1.54) is 12.1 Å². The van der Waals surface area contributed by atoms with Crippen molar-refractivity contribution in [3.05, 3.63) is 35.1 Å². The molecule has 2 heterocycles. The molecule has 2 aliphatic rings. The van der Waals surface area contributed by atoms with Crippen LogP contribution in [0.3, 0.4) is 0 Å². The Bertz CT molecular complexity index is 640. The monoisotopic (exact) mass is 306 g/mol. The summed E-state index contributed by atoms with van der Waals surface area (Å²) in [7, 11) is 0. The summed E-state index contributed by atoms with van der Waals surface area (Å²) in [6.07, 6.45) is 0.0348. The van der Waals surface area contributed by atoms with Crippen molar-refractivity contribution in [3.63, 3.8) is 0 Å². The Balaban J connectivity index is 1.67. The number of fused-ring (bicyclic) bond motifs is 1. The normalized spacial score (nSPS) is 17.9. The standard InChI is InChI=1S/C15H15FN2O4/c16-11-3-1-2-10-13(11)15(21)18(14(10)20)5-4-12(19)17-6-8-22-9-7-17/h1-3H,4-9H2. The summed E-state index contributed by atoms with van der Waals surface area (Å²) in [5.74, 6) is -2.07. The van der Waals surface area contributed by atoms with Crippen LogP contribution in [0.5, 0.6) is 0 Å². The molecule has 0 unspecified atom stereocenters. The maximum Gasteiger partial charge on any atom is 0.264 e. The molecule has 0 saturated carbocycles. The maximum absolute atomic E-state index is 13.7. The van der Waals surface area contributed by atoms with Crippen LogP contribution in [0.4, 0.5) is 4.39 Å². The lowest BCUT2D eigenvalue weighted by atomic mass is 10.1. The number of hydrogen-bond donors (Lipinski definition) is 0. The fourth-order valence-corrected chi connectivity index (χ4v) is 2.67. The Kier molecular flexibility index (Phi) is 3.89. The number of carbonyl (C=O) groups excluding carboxylic acids is 3. The van der Waals surface area contributed by atoms with Crippen molar-refractivity contribution in [2.45, 2.75) is 6.42 Å². The number of carbonyl (C=O) groups is 3. The Hall–Kier alpha value is -2.28. The Labute approximate surface area is 126 Å². The molecule has 6 nitrogen and oxygen atoms in total. The topological polar surface area (TPSA) is 66.9 Å². The van der Waals surface area contributed by atoms with Crippen LogP contribution in [0, 0.1) is 5.82 Å². The maximum atomic E-state index is 13.7. The van der Waals surface area contributed by atoms with Crippen LogP contribution in [0.25, 0.3) is 0 Å². The van der Waals surface area contributed by atoms with Crippen LogP contribution in [0.1, 0.15) is 27.1 Å². The zero-order chi connectivity index (χ0) is 15.7. The molecule has 1 fully saturated rings. The summed E-state index contributed by atoms with van der Waals surface area (Å²) in [6, 6.07) is 3.95. The van der Waals surface area contributed by atoms with Crippen LogP contribution < -0.4 is 0 Å². The fourth-order valence-electron chi connectivity index (χ4n) is 2.67. The first-order valence-electron chi connectivity index (χ1n) is 7.10. The highest BCUT2D eigenvalue weighted by Gasteiger charge is 2.37. The molecule has 0 spiro atoms. The number of hydrogen-bond acceptors (Lipinski definition) is 4. The van der Waals surface area contributed by atoms with Crippen molar-refractivity contribution < 1.29 is 23.5 Å². The lowest BCUT2D eigenvalue weighted by Gasteiger charge is -2.27. The first-order valence-corrected chi connectivity index (χ1v) is 7.10. The molecule has 0 aliphatic carbocycles. The minimum Gasteiger partial charge on any atom is -0.378 e. The van der Waals surface area contributed by atoms with Crippen molar-refractivity contribution in [3.8, 4) is 0 Å². The van der Waals surface area contributed by atoms with Crippen LogP contribution in [0.15, 0.2) is 18.2 Å². The van der Waals surface area contributed by atoms with Gasteiger partial charge in [0.2, 0.25) is 5.91 Å². The summed E-state index contributed by atoms with van der Waals surface area (Å²) < 4.78 is 18.9. The highest BCUT2D eigenvalue weighted by atomic mass is 19.1. The largest absolute Gasteiger partial charge is 0.378 e. The van der Waals surface area contributed by atoms with Gasteiger partial charge in [0.1, 0.15) is 5.82 Å². The molecule has 0 radical (unpaired) electrons. The van der Waals surface area contributed by atoms with Crippen molar-refractivity contribution >= 4 is 17.7 Å². The third kappa shape index (κ3) is 2.48. The van der Waals surface area contributed by atoms with Crippen molar-refractivity contribution in [2.75, 3.05) is 32.8 Å². The molecule has 1 saturated heterocycles. The van der Waals surface area contributed by atoms with Gasteiger partial charge in [-0.05, 0) is 12.1 Å². The number of rotatable bonds is 3. The van der Waals surface area contributed by atoms with Gasteiger partial charge in [-0.15, -0.1) is 0 Å². The van der Waals surface area contributed by atoms with Gasteiger partial charge in [-0.1, -0.05) is 6.07 Å².